The molecule has 0 atom stereocenters. The summed E-state index contributed by atoms with van der Waals surface area (Å²) in [6.07, 6.45) is 0. The lowest BCUT2D eigenvalue weighted by molar-refractivity contribution is -0.116. The summed E-state index contributed by atoms with van der Waals surface area (Å²) in [4.78, 5) is 5.01. The molecule has 0 heterocycles. The average molecular weight is 245 g/mol. The number of hydroxylamine groups is 2. The minimum Gasteiger partial charge on any atom is -0.398 e. The van der Waals surface area contributed by atoms with Gasteiger partial charge in [0.2, 0.25) is 0 Å². The second-order valence-electron chi connectivity index (χ2n) is 2.81. The van der Waals surface area contributed by atoms with E-state index in [1.165, 1.54) is 0 Å². The number of hydrogen-bond donors (Lipinski definition) is 1. The highest BCUT2D eigenvalue weighted by molar-refractivity contribution is 9.10. The molecule has 0 spiro atoms. The largest absolute Gasteiger partial charge is 0.398 e. The van der Waals surface area contributed by atoms with Crippen molar-refractivity contribution in [3.63, 3.8) is 0 Å². The minimum atomic E-state index is 0.690. The van der Waals surface area contributed by atoms with Gasteiger partial charge in [0.15, 0.2) is 0 Å². The molecule has 1 rings (SSSR count). The summed E-state index contributed by atoms with van der Waals surface area (Å²) >= 11 is 3.35. The fourth-order valence-electron chi connectivity index (χ4n) is 1.01. The Hall–Kier alpha value is -0.580. The third-order valence-electron chi connectivity index (χ3n) is 1.81. The molecule has 0 aliphatic heterocycles. The van der Waals surface area contributed by atoms with Gasteiger partial charge >= 0.3 is 0 Å². The first-order chi connectivity index (χ1) is 6.13. The van der Waals surface area contributed by atoms with Gasteiger partial charge < -0.3 is 10.6 Å². The minimum absolute atomic E-state index is 0.690. The Balaban J connectivity index is 2.77. The predicted octanol–water partition coefficient (Wildman–Crippen LogP) is 2.02. The van der Waals surface area contributed by atoms with Crippen molar-refractivity contribution in [3.8, 4) is 0 Å². The van der Waals surface area contributed by atoms with Crippen molar-refractivity contribution in [2.75, 3.05) is 19.9 Å². The Kier molecular flexibility index (Phi) is 3.71. The third kappa shape index (κ3) is 2.99. The van der Waals surface area contributed by atoms with Gasteiger partial charge in [-0.25, -0.2) is 0 Å². The molecule has 0 amide bonds. The van der Waals surface area contributed by atoms with Crippen LogP contribution in [-0.4, -0.2) is 19.2 Å². The number of nitrogen functional groups attached to an aromatic ring is 1. The van der Waals surface area contributed by atoms with Gasteiger partial charge in [-0.15, -0.1) is 0 Å². The van der Waals surface area contributed by atoms with E-state index in [4.69, 9.17) is 10.6 Å². The lowest BCUT2D eigenvalue weighted by Crippen LogP contribution is -2.16. The Morgan fingerprint density at radius 2 is 2.23 bits per heavy atom. The number of nitrogens with two attached hydrogens (primary N) is 1. The van der Waals surface area contributed by atoms with Gasteiger partial charge in [0.05, 0.1) is 13.7 Å². The van der Waals surface area contributed by atoms with Crippen molar-refractivity contribution >= 4 is 21.6 Å². The van der Waals surface area contributed by atoms with Crippen LogP contribution < -0.4 is 5.73 Å². The first kappa shape index (κ1) is 10.5. The maximum Gasteiger partial charge on any atom is 0.0575 e. The fraction of sp³-hybridized carbons (Fsp3) is 0.333. The molecule has 2 N–H and O–H groups in total. The van der Waals surface area contributed by atoms with E-state index in [0.29, 0.717) is 6.54 Å². The van der Waals surface area contributed by atoms with E-state index in [0.717, 1.165) is 15.7 Å². The Labute approximate surface area is 86.6 Å². The van der Waals surface area contributed by atoms with E-state index in [9.17, 15) is 0 Å². The number of anilines is 1. The summed E-state index contributed by atoms with van der Waals surface area (Å²) in [5.74, 6) is 0. The molecule has 0 unspecified atom stereocenters. The van der Waals surface area contributed by atoms with Gasteiger partial charge in [-0.2, -0.15) is 5.06 Å². The molecule has 0 bridgehead atoms. The zero-order chi connectivity index (χ0) is 9.84. The maximum atomic E-state index is 5.81. The van der Waals surface area contributed by atoms with Gasteiger partial charge in [0, 0.05) is 17.2 Å². The number of hydrogen-bond acceptors (Lipinski definition) is 3. The van der Waals surface area contributed by atoms with Crippen LogP contribution in [0.1, 0.15) is 5.56 Å². The average Bonchev–Trinajstić information content (AvgIpc) is 2.09. The maximum absolute atomic E-state index is 5.81. The van der Waals surface area contributed by atoms with E-state index in [1.807, 2.05) is 25.2 Å². The van der Waals surface area contributed by atoms with Crippen LogP contribution in [-0.2, 0) is 11.4 Å². The molecule has 0 saturated carbocycles. The Morgan fingerprint density at radius 3 is 2.77 bits per heavy atom. The van der Waals surface area contributed by atoms with E-state index in [-0.39, 0.29) is 0 Å². The normalized spacial score (nSPS) is 10.8. The molecule has 72 valence electrons. The first-order valence-corrected chi connectivity index (χ1v) is 4.72. The SMILES string of the molecule is CON(C)Cc1ccc(Br)cc1N. The Morgan fingerprint density at radius 1 is 1.54 bits per heavy atom. The van der Waals surface area contributed by atoms with Crippen molar-refractivity contribution in [2.24, 2.45) is 0 Å². The van der Waals surface area contributed by atoms with Crippen LogP contribution in [0.2, 0.25) is 0 Å². The van der Waals surface area contributed by atoms with Gasteiger partial charge in [0.25, 0.3) is 0 Å². The van der Waals surface area contributed by atoms with Crippen LogP contribution in [0.5, 0.6) is 0 Å². The van der Waals surface area contributed by atoms with Crippen LogP contribution in [0.25, 0.3) is 0 Å². The summed E-state index contributed by atoms with van der Waals surface area (Å²) in [5.41, 5.74) is 7.65. The zero-order valence-corrected chi connectivity index (χ0v) is 9.34. The molecule has 0 aromatic heterocycles. The summed E-state index contributed by atoms with van der Waals surface area (Å²) in [5, 5.41) is 1.72. The molecule has 0 aliphatic rings. The molecule has 1 aromatic rings. The summed E-state index contributed by atoms with van der Waals surface area (Å²) < 4.78 is 0.994. The highest BCUT2D eigenvalue weighted by Crippen LogP contribution is 2.19. The fourth-order valence-corrected chi connectivity index (χ4v) is 1.39. The first-order valence-electron chi connectivity index (χ1n) is 3.92. The summed E-state index contributed by atoms with van der Waals surface area (Å²) in [7, 11) is 3.50. The van der Waals surface area contributed by atoms with E-state index < -0.39 is 0 Å². The number of halogens is 1. The molecule has 0 saturated heterocycles. The van der Waals surface area contributed by atoms with Crippen LogP contribution in [0.15, 0.2) is 22.7 Å². The third-order valence-corrected chi connectivity index (χ3v) is 2.31. The highest BCUT2D eigenvalue weighted by Gasteiger charge is 2.02. The number of rotatable bonds is 3. The molecule has 3 nitrogen and oxygen atoms in total. The topological polar surface area (TPSA) is 38.5 Å². The van der Waals surface area contributed by atoms with Crippen LogP contribution in [0.3, 0.4) is 0 Å². The van der Waals surface area contributed by atoms with E-state index in [2.05, 4.69) is 15.9 Å². The molecule has 4 heteroatoms. The molecule has 13 heavy (non-hydrogen) atoms. The second kappa shape index (κ2) is 4.60. The second-order valence-corrected chi connectivity index (χ2v) is 3.73. The molecule has 0 aliphatic carbocycles. The zero-order valence-electron chi connectivity index (χ0n) is 7.75. The quantitative estimate of drug-likeness (QED) is 0.654. The summed E-state index contributed by atoms with van der Waals surface area (Å²) in [6.45, 7) is 0.690. The van der Waals surface area contributed by atoms with Crippen molar-refractivity contribution in [1.82, 2.24) is 5.06 Å². The molecule has 0 radical (unpaired) electrons. The van der Waals surface area contributed by atoms with Crippen molar-refractivity contribution in [2.45, 2.75) is 6.54 Å². The lowest BCUT2D eigenvalue weighted by Gasteiger charge is -2.14. The molecule has 1 aromatic carbocycles. The Bertz CT molecular complexity index is 291. The van der Waals surface area contributed by atoms with E-state index in [1.54, 1.807) is 12.2 Å². The smallest absolute Gasteiger partial charge is 0.0575 e. The standard InChI is InChI=1S/C9H13BrN2O/c1-12(13-2)6-7-3-4-8(10)5-9(7)11/h3-5H,6,11H2,1-2H3. The van der Waals surface area contributed by atoms with Gasteiger partial charge in [-0.3, -0.25) is 0 Å². The number of nitrogens with zero attached hydrogens (tertiary/aromatic N) is 1. The van der Waals surface area contributed by atoms with Crippen molar-refractivity contribution < 1.29 is 4.84 Å². The van der Waals surface area contributed by atoms with Crippen LogP contribution in [0.4, 0.5) is 5.69 Å². The van der Waals surface area contributed by atoms with Gasteiger partial charge in [0.1, 0.15) is 0 Å². The summed E-state index contributed by atoms with van der Waals surface area (Å²) in [6, 6.07) is 5.84. The number of benzene rings is 1. The van der Waals surface area contributed by atoms with Crippen LogP contribution >= 0.6 is 15.9 Å². The van der Waals surface area contributed by atoms with Crippen molar-refractivity contribution in [3.05, 3.63) is 28.2 Å². The molecular formula is C9H13BrN2O. The van der Waals surface area contributed by atoms with Gasteiger partial charge in [-0.05, 0) is 17.7 Å². The van der Waals surface area contributed by atoms with Gasteiger partial charge in [-0.1, -0.05) is 22.0 Å². The molecular weight excluding hydrogens is 232 g/mol. The van der Waals surface area contributed by atoms with E-state index >= 15 is 0 Å². The van der Waals surface area contributed by atoms with Crippen molar-refractivity contribution in [1.29, 1.82) is 0 Å². The molecule has 0 fully saturated rings. The lowest BCUT2D eigenvalue weighted by atomic mass is 10.2. The van der Waals surface area contributed by atoms with Crippen LogP contribution in [0, 0.1) is 0 Å². The highest BCUT2D eigenvalue weighted by atomic mass is 79.9. The predicted molar refractivity (Wildman–Crippen MR) is 57.0 cm³/mol. The monoisotopic (exact) mass is 244 g/mol.